The molecule has 13 rings (SSSR count). The van der Waals surface area contributed by atoms with Gasteiger partial charge in [0.1, 0.15) is 16.9 Å². The van der Waals surface area contributed by atoms with Crippen LogP contribution in [0.25, 0.3) is 123 Å². The molecular formula is C55H34N4O2. The molecule has 6 heteroatoms. The number of hydrogen-bond donors (Lipinski definition) is 0. The van der Waals surface area contributed by atoms with Gasteiger partial charge in [-0.3, -0.25) is 0 Å². The van der Waals surface area contributed by atoms with Gasteiger partial charge in [-0.15, -0.1) is 0 Å². The molecule has 8 aromatic carbocycles. The second kappa shape index (κ2) is 13.2. The van der Waals surface area contributed by atoms with E-state index in [1.165, 1.54) is 21.5 Å². The molecule has 1 aliphatic rings. The lowest BCUT2D eigenvalue weighted by molar-refractivity contribution is 0.546. The van der Waals surface area contributed by atoms with Gasteiger partial charge in [0.15, 0.2) is 23.1 Å². The largest absolute Gasteiger partial charge is 0.460 e. The fourth-order valence-electron chi connectivity index (χ4n) is 9.41. The first-order valence-electron chi connectivity index (χ1n) is 20.7. The zero-order valence-electron chi connectivity index (χ0n) is 32.8. The summed E-state index contributed by atoms with van der Waals surface area (Å²) in [6, 6.07) is 59.5. The molecule has 0 atom stereocenters. The summed E-state index contributed by atoms with van der Waals surface area (Å²) in [5.41, 5.74) is 11.6. The number of allylic oxidation sites excluding steroid dienone is 1. The van der Waals surface area contributed by atoms with Crippen LogP contribution in [0.3, 0.4) is 0 Å². The van der Waals surface area contributed by atoms with Crippen molar-refractivity contribution < 1.29 is 8.83 Å². The van der Waals surface area contributed by atoms with E-state index < -0.39 is 0 Å². The molecule has 1 aliphatic carbocycles. The van der Waals surface area contributed by atoms with Gasteiger partial charge in [0.2, 0.25) is 0 Å². The molecular weight excluding hydrogens is 749 g/mol. The number of nitrogens with zero attached hydrogens (tertiary/aromatic N) is 4. The molecule has 61 heavy (non-hydrogen) atoms. The molecule has 0 N–H and O–H groups in total. The number of furan rings is 2. The summed E-state index contributed by atoms with van der Waals surface area (Å²) in [4.78, 5) is 15.9. The first kappa shape index (κ1) is 33.8. The number of aryl methyl sites for hydroxylation is 1. The Morgan fingerprint density at radius 2 is 1.16 bits per heavy atom. The number of fused-ring (bicyclic) bond motifs is 10. The van der Waals surface area contributed by atoms with Crippen molar-refractivity contribution in [1.29, 1.82) is 0 Å². The van der Waals surface area contributed by atoms with Crippen molar-refractivity contribution in [1.82, 2.24) is 19.5 Å². The smallest absolute Gasteiger partial charge is 0.164 e. The van der Waals surface area contributed by atoms with E-state index in [-0.39, 0.29) is 0 Å². The van der Waals surface area contributed by atoms with Crippen LogP contribution in [-0.4, -0.2) is 19.5 Å². The quantitative estimate of drug-likeness (QED) is 0.174. The molecule has 286 valence electrons. The van der Waals surface area contributed by atoms with E-state index >= 15 is 0 Å². The van der Waals surface area contributed by atoms with E-state index in [1.54, 1.807) is 0 Å². The minimum Gasteiger partial charge on any atom is -0.460 e. The summed E-state index contributed by atoms with van der Waals surface area (Å²) < 4.78 is 15.6. The number of rotatable bonds is 5. The highest BCUT2D eigenvalue weighted by Crippen LogP contribution is 2.43. The van der Waals surface area contributed by atoms with Crippen molar-refractivity contribution >= 4 is 71.6 Å². The van der Waals surface area contributed by atoms with Gasteiger partial charge in [-0.1, -0.05) is 121 Å². The molecule has 0 radical (unpaired) electrons. The Labute approximate surface area is 349 Å². The lowest BCUT2D eigenvalue weighted by atomic mass is 10.0. The lowest BCUT2D eigenvalue weighted by Gasteiger charge is -2.13. The zero-order chi connectivity index (χ0) is 40.0. The van der Waals surface area contributed by atoms with Gasteiger partial charge in [-0.25, -0.2) is 15.0 Å². The van der Waals surface area contributed by atoms with E-state index in [0.29, 0.717) is 17.5 Å². The predicted molar refractivity (Wildman–Crippen MR) is 248 cm³/mol. The lowest BCUT2D eigenvalue weighted by Crippen LogP contribution is -2.01. The number of aromatic nitrogens is 4. The maximum absolute atomic E-state index is 6.93. The molecule has 4 aromatic heterocycles. The van der Waals surface area contributed by atoms with E-state index in [2.05, 4.69) is 162 Å². The average molecular weight is 783 g/mol. The van der Waals surface area contributed by atoms with Crippen LogP contribution in [0, 0.1) is 0 Å². The van der Waals surface area contributed by atoms with Gasteiger partial charge in [0.25, 0.3) is 0 Å². The van der Waals surface area contributed by atoms with Crippen LogP contribution in [0.15, 0.2) is 185 Å². The molecule has 0 saturated carbocycles. The summed E-state index contributed by atoms with van der Waals surface area (Å²) in [5, 5.41) is 7.78. The number of benzene rings is 8. The van der Waals surface area contributed by atoms with Crippen LogP contribution < -0.4 is 0 Å². The standard InChI is InChI=1S/C55H34N4O2/c1-2-13-33(14-3-1)34-17-12-18-37(29-34)53-56-54(38-25-28-50-44(31-38)40-20-7-10-23-48(40)60-50)58-55(57-53)42-26-27-46(52-51(42)41-21-8-11-24-49(41)61-52)59-45-22-9-6-19-39(45)43-30-35-15-4-5-16-36(35)32-47(43)59/h1-9,11-22,24-32H,10,23H2. The van der Waals surface area contributed by atoms with Crippen molar-refractivity contribution in [2.75, 3.05) is 0 Å². The summed E-state index contributed by atoms with van der Waals surface area (Å²) in [6.45, 7) is 0. The Kier molecular flexibility index (Phi) is 7.33. The fourth-order valence-corrected chi connectivity index (χ4v) is 9.41. The van der Waals surface area contributed by atoms with Crippen molar-refractivity contribution in [3.63, 3.8) is 0 Å². The fraction of sp³-hybridized carbons (Fsp3) is 0.0364. The molecule has 0 unspecified atom stereocenters. The molecule has 12 aromatic rings. The highest BCUT2D eigenvalue weighted by Gasteiger charge is 2.24. The SMILES string of the molecule is C1=Cc2c(oc3ccc(-c4nc(-c5cccc(-c6ccccc6)c5)nc(-c5ccc(-n6c7ccccc7c7cc8ccccc8cc76)c6oc7ccccc7c56)n4)cc23)CC1. The Balaban J connectivity index is 1.08. The molecule has 6 nitrogen and oxygen atoms in total. The first-order chi connectivity index (χ1) is 30.2. The highest BCUT2D eigenvalue weighted by atomic mass is 16.3. The van der Waals surface area contributed by atoms with Gasteiger partial charge in [0.05, 0.1) is 16.7 Å². The summed E-state index contributed by atoms with van der Waals surface area (Å²) >= 11 is 0. The van der Waals surface area contributed by atoms with Gasteiger partial charge in [-0.2, -0.15) is 0 Å². The third kappa shape index (κ3) is 5.32. The van der Waals surface area contributed by atoms with Crippen molar-refractivity contribution in [3.05, 3.63) is 187 Å². The maximum Gasteiger partial charge on any atom is 0.164 e. The van der Waals surface area contributed by atoms with Gasteiger partial charge >= 0.3 is 0 Å². The molecule has 0 spiro atoms. The monoisotopic (exact) mass is 782 g/mol. The molecule has 0 amide bonds. The van der Waals surface area contributed by atoms with Gasteiger partial charge in [-0.05, 0) is 89.0 Å². The molecule has 0 bridgehead atoms. The van der Waals surface area contributed by atoms with Crippen LogP contribution in [-0.2, 0) is 6.42 Å². The van der Waals surface area contributed by atoms with Crippen molar-refractivity contribution in [2.24, 2.45) is 0 Å². The second-order valence-electron chi connectivity index (χ2n) is 15.8. The van der Waals surface area contributed by atoms with Crippen LogP contribution in [0.2, 0.25) is 0 Å². The molecule has 0 fully saturated rings. The zero-order valence-corrected chi connectivity index (χ0v) is 32.8. The van der Waals surface area contributed by atoms with Crippen LogP contribution in [0.1, 0.15) is 17.7 Å². The Hall–Kier alpha value is -8.09. The Morgan fingerprint density at radius 1 is 0.459 bits per heavy atom. The van der Waals surface area contributed by atoms with Gasteiger partial charge < -0.3 is 13.4 Å². The molecule has 0 aliphatic heterocycles. The predicted octanol–water partition coefficient (Wildman–Crippen LogP) is 14.4. The van der Waals surface area contributed by atoms with Crippen LogP contribution in [0.5, 0.6) is 0 Å². The molecule has 4 heterocycles. The van der Waals surface area contributed by atoms with Crippen molar-refractivity contribution in [2.45, 2.75) is 12.8 Å². The van der Waals surface area contributed by atoms with E-state index in [9.17, 15) is 0 Å². The topological polar surface area (TPSA) is 69.9 Å². The number of hydrogen-bond acceptors (Lipinski definition) is 5. The highest BCUT2D eigenvalue weighted by molar-refractivity contribution is 6.18. The van der Waals surface area contributed by atoms with E-state index in [4.69, 9.17) is 23.8 Å². The first-order valence-corrected chi connectivity index (χ1v) is 20.7. The summed E-state index contributed by atoms with van der Waals surface area (Å²) in [6.07, 6.45) is 6.26. The maximum atomic E-state index is 6.93. The minimum atomic E-state index is 0.565. The van der Waals surface area contributed by atoms with Crippen LogP contribution >= 0.6 is 0 Å². The Morgan fingerprint density at radius 3 is 2.05 bits per heavy atom. The number of para-hydroxylation sites is 2. The Bertz CT molecular complexity index is 3780. The van der Waals surface area contributed by atoms with Gasteiger partial charge in [0, 0.05) is 55.6 Å². The summed E-state index contributed by atoms with van der Waals surface area (Å²) in [5.74, 6) is 2.76. The van der Waals surface area contributed by atoms with E-state index in [1.807, 2.05) is 24.3 Å². The third-order valence-electron chi connectivity index (χ3n) is 12.3. The van der Waals surface area contributed by atoms with Crippen LogP contribution in [0.4, 0.5) is 0 Å². The normalized spacial score (nSPS) is 12.7. The summed E-state index contributed by atoms with van der Waals surface area (Å²) in [7, 11) is 0. The second-order valence-corrected chi connectivity index (χ2v) is 15.8. The third-order valence-corrected chi connectivity index (χ3v) is 12.3. The minimum absolute atomic E-state index is 0.565. The average Bonchev–Trinajstić information content (AvgIpc) is 4.00. The van der Waals surface area contributed by atoms with E-state index in [0.717, 1.165) is 102 Å². The molecule has 0 saturated heterocycles. The van der Waals surface area contributed by atoms with Crippen molar-refractivity contribution in [3.8, 4) is 51.0 Å².